The summed E-state index contributed by atoms with van der Waals surface area (Å²) in [6.45, 7) is 4.44. The smallest absolute Gasteiger partial charge is 0.251 e. The highest BCUT2D eigenvalue weighted by molar-refractivity contribution is 6.31. The Morgan fingerprint density at radius 1 is 1.06 bits per heavy atom. The van der Waals surface area contributed by atoms with Gasteiger partial charge in [0.1, 0.15) is 6.07 Å². The third-order valence-electron chi connectivity index (χ3n) is 5.68. The number of rotatable bonds is 6. The fraction of sp³-hybridized carbons (Fsp3) is 0.148. The lowest BCUT2D eigenvalue weighted by Gasteiger charge is -2.11. The van der Waals surface area contributed by atoms with Gasteiger partial charge in [-0.25, -0.2) is 4.68 Å². The minimum atomic E-state index is -0.101. The Labute approximate surface area is 198 Å². The monoisotopic (exact) mass is 454 g/mol. The van der Waals surface area contributed by atoms with Gasteiger partial charge in [-0.3, -0.25) is 4.79 Å². The van der Waals surface area contributed by atoms with Crippen molar-refractivity contribution in [2.75, 3.05) is 0 Å². The second-order valence-corrected chi connectivity index (χ2v) is 8.25. The highest BCUT2D eigenvalue weighted by Crippen LogP contribution is 2.25. The molecule has 0 spiro atoms. The fourth-order valence-corrected chi connectivity index (χ4v) is 4.09. The van der Waals surface area contributed by atoms with Crippen LogP contribution in [0.5, 0.6) is 0 Å². The van der Waals surface area contributed by atoms with Crippen LogP contribution in [0.25, 0.3) is 5.69 Å². The summed E-state index contributed by atoms with van der Waals surface area (Å²) in [5, 5.41) is 17.2. The number of aromatic nitrogens is 2. The molecular weight excluding hydrogens is 432 g/mol. The molecule has 0 unspecified atom stereocenters. The van der Waals surface area contributed by atoms with Gasteiger partial charge in [-0.15, -0.1) is 0 Å². The average molecular weight is 455 g/mol. The van der Waals surface area contributed by atoms with Crippen LogP contribution in [0.3, 0.4) is 0 Å². The molecule has 0 saturated heterocycles. The molecule has 0 atom stereocenters. The Morgan fingerprint density at radius 2 is 1.79 bits per heavy atom. The first-order valence-electron chi connectivity index (χ1n) is 10.6. The van der Waals surface area contributed by atoms with Crippen molar-refractivity contribution in [2.45, 2.75) is 26.8 Å². The molecule has 0 fully saturated rings. The van der Waals surface area contributed by atoms with E-state index in [0.29, 0.717) is 29.1 Å². The van der Waals surface area contributed by atoms with Gasteiger partial charge in [0.15, 0.2) is 0 Å². The van der Waals surface area contributed by atoms with Crippen LogP contribution >= 0.6 is 11.6 Å². The van der Waals surface area contributed by atoms with Crippen molar-refractivity contribution in [3.8, 4) is 11.8 Å². The quantitative estimate of drug-likeness (QED) is 0.416. The number of benzene rings is 3. The molecule has 1 amide bonds. The summed E-state index contributed by atoms with van der Waals surface area (Å²) in [5.74, 6) is -0.101. The van der Waals surface area contributed by atoms with Crippen LogP contribution in [0.4, 0.5) is 0 Å². The van der Waals surface area contributed by atoms with Crippen molar-refractivity contribution in [3.63, 3.8) is 0 Å². The summed E-state index contributed by atoms with van der Waals surface area (Å²) in [7, 11) is 0. The van der Waals surface area contributed by atoms with E-state index in [1.807, 2.05) is 79.2 Å². The Bertz CT molecular complexity index is 1350. The zero-order valence-electron chi connectivity index (χ0n) is 18.5. The summed E-state index contributed by atoms with van der Waals surface area (Å²) < 4.78 is 1.83. The van der Waals surface area contributed by atoms with Crippen molar-refractivity contribution in [1.82, 2.24) is 15.1 Å². The maximum absolute atomic E-state index is 13.0. The van der Waals surface area contributed by atoms with Gasteiger partial charge in [0, 0.05) is 29.8 Å². The van der Waals surface area contributed by atoms with Crippen molar-refractivity contribution < 1.29 is 4.79 Å². The van der Waals surface area contributed by atoms with Gasteiger partial charge in [0.05, 0.1) is 22.0 Å². The SMILES string of the molecule is Cc1nn(-c2ccc(C#N)c(Cl)c2)c(C)c1Cc1ccccc1C(=O)NCc1ccccc1. The van der Waals surface area contributed by atoms with Gasteiger partial charge in [0.25, 0.3) is 5.91 Å². The van der Waals surface area contributed by atoms with E-state index in [1.165, 1.54) is 0 Å². The van der Waals surface area contributed by atoms with Crippen molar-refractivity contribution in [3.05, 3.63) is 117 Å². The molecule has 164 valence electrons. The molecular formula is C27H23ClN4O. The highest BCUT2D eigenvalue weighted by Gasteiger charge is 2.17. The minimum Gasteiger partial charge on any atom is -0.348 e. The number of hydrogen-bond acceptors (Lipinski definition) is 3. The van der Waals surface area contributed by atoms with Gasteiger partial charge in [-0.1, -0.05) is 60.1 Å². The van der Waals surface area contributed by atoms with Crippen LogP contribution in [0.2, 0.25) is 5.02 Å². The van der Waals surface area contributed by atoms with E-state index in [1.54, 1.807) is 12.1 Å². The number of amides is 1. The lowest BCUT2D eigenvalue weighted by atomic mass is 9.98. The second kappa shape index (κ2) is 9.72. The molecule has 1 aromatic heterocycles. The number of nitriles is 1. The van der Waals surface area contributed by atoms with Crippen LogP contribution in [-0.2, 0) is 13.0 Å². The lowest BCUT2D eigenvalue weighted by molar-refractivity contribution is 0.0950. The van der Waals surface area contributed by atoms with E-state index in [9.17, 15) is 4.79 Å². The molecule has 0 radical (unpaired) electrons. The third kappa shape index (κ3) is 4.82. The van der Waals surface area contributed by atoms with Gasteiger partial charge < -0.3 is 5.32 Å². The molecule has 33 heavy (non-hydrogen) atoms. The summed E-state index contributed by atoms with van der Waals surface area (Å²) >= 11 is 6.23. The van der Waals surface area contributed by atoms with Gasteiger partial charge in [-0.05, 0) is 49.2 Å². The minimum absolute atomic E-state index is 0.101. The maximum Gasteiger partial charge on any atom is 0.251 e. The van der Waals surface area contributed by atoms with Gasteiger partial charge >= 0.3 is 0 Å². The Kier molecular flexibility index (Phi) is 6.58. The molecule has 1 heterocycles. The molecule has 0 aliphatic carbocycles. The first-order valence-corrected chi connectivity index (χ1v) is 11.0. The van der Waals surface area contributed by atoms with Crippen LogP contribution in [0.1, 0.15) is 44.0 Å². The molecule has 0 aliphatic heterocycles. The molecule has 3 aromatic carbocycles. The largest absolute Gasteiger partial charge is 0.348 e. The van der Waals surface area contributed by atoms with E-state index < -0.39 is 0 Å². The normalized spacial score (nSPS) is 10.6. The molecule has 4 rings (SSSR count). The van der Waals surface area contributed by atoms with Gasteiger partial charge in [0.2, 0.25) is 0 Å². The van der Waals surface area contributed by atoms with Crippen molar-refractivity contribution in [1.29, 1.82) is 5.26 Å². The van der Waals surface area contributed by atoms with Gasteiger partial charge in [-0.2, -0.15) is 10.4 Å². The van der Waals surface area contributed by atoms with Crippen LogP contribution in [0.15, 0.2) is 72.8 Å². The maximum atomic E-state index is 13.0. The average Bonchev–Trinajstić information content (AvgIpc) is 3.12. The highest BCUT2D eigenvalue weighted by atomic mass is 35.5. The standard InChI is InChI=1S/C27H23ClN4O/c1-18-25(19(2)32(31-18)23-13-12-22(16-29)26(28)15-23)14-21-10-6-7-11-24(21)27(33)30-17-20-8-4-3-5-9-20/h3-13,15H,14,17H2,1-2H3,(H,30,33). The summed E-state index contributed by atoms with van der Waals surface area (Å²) in [6, 6.07) is 24.8. The predicted molar refractivity (Wildman–Crippen MR) is 130 cm³/mol. The molecule has 5 nitrogen and oxygen atoms in total. The first-order chi connectivity index (χ1) is 16.0. The fourth-order valence-electron chi connectivity index (χ4n) is 3.87. The number of aryl methyl sites for hydroxylation is 1. The zero-order valence-corrected chi connectivity index (χ0v) is 19.2. The first kappa shape index (κ1) is 22.3. The molecule has 1 N–H and O–H groups in total. The molecule has 6 heteroatoms. The van der Waals surface area contributed by atoms with E-state index in [2.05, 4.69) is 11.4 Å². The number of carbonyl (C=O) groups is 1. The number of nitrogens with zero attached hydrogens (tertiary/aromatic N) is 3. The topological polar surface area (TPSA) is 70.7 Å². The summed E-state index contributed by atoms with van der Waals surface area (Å²) in [5.41, 5.74) is 6.77. The molecule has 0 aliphatic rings. The van der Waals surface area contributed by atoms with Crippen molar-refractivity contribution >= 4 is 17.5 Å². The number of hydrogen-bond donors (Lipinski definition) is 1. The van der Waals surface area contributed by atoms with Crippen molar-refractivity contribution in [2.24, 2.45) is 0 Å². The Hall–Kier alpha value is -3.88. The molecule has 0 bridgehead atoms. The predicted octanol–water partition coefficient (Wildman–Crippen LogP) is 5.54. The van der Waals surface area contributed by atoms with E-state index >= 15 is 0 Å². The third-order valence-corrected chi connectivity index (χ3v) is 6.00. The zero-order chi connectivity index (χ0) is 23.4. The Morgan fingerprint density at radius 3 is 2.52 bits per heavy atom. The molecule has 0 saturated carbocycles. The second-order valence-electron chi connectivity index (χ2n) is 7.84. The summed E-state index contributed by atoms with van der Waals surface area (Å²) in [6.07, 6.45) is 0.580. The molecule has 4 aromatic rings. The Balaban J connectivity index is 1.60. The number of nitrogens with one attached hydrogen (secondary N) is 1. The summed E-state index contributed by atoms with van der Waals surface area (Å²) in [4.78, 5) is 13.0. The van der Waals surface area contributed by atoms with Crippen LogP contribution < -0.4 is 5.32 Å². The van der Waals surface area contributed by atoms with Crippen LogP contribution in [-0.4, -0.2) is 15.7 Å². The lowest BCUT2D eigenvalue weighted by Crippen LogP contribution is -2.24. The van der Waals surface area contributed by atoms with Crippen LogP contribution in [0, 0.1) is 25.2 Å². The number of halogens is 1. The van der Waals surface area contributed by atoms with E-state index in [-0.39, 0.29) is 5.91 Å². The van der Waals surface area contributed by atoms with E-state index in [0.717, 1.165) is 33.8 Å². The number of carbonyl (C=O) groups excluding carboxylic acids is 1. The van der Waals surface area contributed by atoms with E-state index in [4.69, 9.17) is 22.0 Å².